The summed E-state index contributed by atoms with van der Waals surface area (Å²) < 4.78 is 105. The van der Waals surface area contributed by atoms with Gasteiger partial charge in [-0.05, 0) is 138 Å². The number of esters is 3. The van der Waals surface area contributed by atoms with Crippen molar-refractivity contribution >= 4 is 87.7 Å². The lowest BCUT2D eigenvalue weighted by Crippen LogP contribution is -2.68. The molecule has 23 nitrogen and oxygen atoms in total. The van der Waals surface area contributed by atoms with E-state index in [0.717, 1.165) is 24.2 Å². The molecule has 25 atom stereocenters. The standard InChI is InChI=1S/C88H144N2O21P4Si3/c1-23-51-98-83(93)78-75-54-69(102-84-81(107-82(92)67-45-47-68(48-46-67)90(95)96)79(89-85(94)99-52-24-2)80(66(19)101-84)111-118(29-7,30-8)61(13)14)44-42-40-38-36-34-32-31-33-35-37-39-41-43-62(15)63(16)64(17)65(18)100-77(91)56-71-53-70(103-86(104-71)114(21)112)49-50-73(109-116(25-3,26-4)59(9)10)74-55-72(105-87(106-74)115(22)113)57-88(97-20,108-75)58-76(78)110-117(27-5,28-6)60(11)12/h23-24,31-48,59-66,69-76,78-81,84,86-87H,1-2,25-30,49-58,112-113H2,3-22H3,(H,89,94)/b32-31+,35-33+,36-34+,39-37+,40-38+,43-41+,44-42+/t62-,63+,64+,65-,66+,69-,70+,71+,72?,73+,74+,75?,76-,78-,79-,80+,81+,84-,86?,87?,88+,114?,115?/m0/s1. The van der Waals surface area contributed by atoms with Crippen LogP contribution in [0, 0.1) is 33.8 Å². The van der Waals surface area contributed by atoms with E-state index in [4.69, 9.17) is 70.1 Å². The Kier molecular flexibility index (Phi) is 43.6. The molecule has 30 heteroatoms. The first kappa shape index (κ1) is 103. The van der Waals surface area contributed by atoms with E-state index < -0.39 is 160 Å². The molecule has 5 aliphatic heterocycles. The van der Waals surface area contributed by atoms with Gasteiger partial charge >= 0.3 is 24.0 Å². The van der Waals surface area contributed by atoms with Gasteiger partial charge in [-0.2, -0.15) is 0 Å². The summed E-state index contributed by atoms with van der Waals surface area (Å²) in [4.78, 5) is 70.4. The summed E-state index contributed by atoms with van der Waals surface area (Å²) in [6.45, 7) is 48.0. The molecule has 6 bridgehead atoms. The van der Waals surface area contributed by atoms with Crippen LogP contribution in [0.4, 0.5) is 10.5 Å². The summed E-state index contributed by atoms with van der Waals surface area (Å²) in [5.74, 6) is -4.02. The van der Waals surface area contributed by atoms with Crippen LogP contribution in [-0.4, -0.2) is 191 Å². The fourth-order valence-corrected chi connectivity index (χ4v) is 30.0. The van der Waals surface area contributed by atoms with Crippen LogP contribution >= 0.6 is 33.1 Å². The first-order valence-corrected chi connectivity index (χ1v) is 57.0. The molecule has 0 aromatic heterocycles. The lowest BCUT2D eigenvalue weighted by molar-refractivity contribution is -0.384. The van der Waals surface area contributed by atoms with Crippen LogP contribution in [0.2, 0.25) is 52.9 Å². The van der Waals surface area contributed by atoms with Crippen molar-refractivity contribution in [1.29, 1.82) is 0 Å². The Bertz CT molecular complexity index is 3520. The third-order valence-electron chi connectivity index (χ3n) is 25.0. The fourth-order valence-electron chi connectivity index (χ4n) is 16.9. The van der Waals surface area contributed by atoms with E-state index in [2.05, 4.69) is 160 Å². The Balaban J connectivity index is 1.61. The quantitative estimate of drug-likeness (QED) is 0.0149. The van der Waals surface area contributed by atoms with Crippen molar-refractivity contribution in [3.8, 4) is 0 Å². The van der Waals surface area contributed by atoms with Crippen molar-refractivity contribution in [3.63, 3.8) is 0 Å². The number of methoxy groups -OCH3 is 1. The van der Waals surface area contributed by atoms with Gasteiger partial charge in [0.2, 0.25) is 0 Å². The molecule has 6 rings (SSSR count). The van der Waals surface area contributed by atoms with Gasteiger partial charge in [0, 0.05) is 51.3 Å². The highest BCUT2D eigenvalue weighted by Gasteiger charge is 2.58. The van der Waals surface area contributed by atoms with E-state index in [0.29, 0.717) is 37.8 Å². The maximum Gasteiger partial charge on any atom is 0.407 e. The number of non-ortho nitro benzene ring substituents is 1. The number of allylic oxidation sites excluding steroid dienone is 13. The minimum atomic E-state index is -2.78. The van der Waals surface area contributed by atoms with Crippen molar-refractivity contribution in [2.75, 3.05) is 33.7 Å². The van der Waals surface area contributed by atoms with E-state index in [1.807, 2.05) is 92.8 Å². The number of carbonyl (C=O) groups excluding carboxylic acids is 4. The molecule has 1 N–H and O–H groups in total. The van der Waals surface area contributed by atoms with Gasteiger partial charge in [0.25, 0.3) is 5.69 Å². The summed E-state index contributed by atoms with van der Waals surface area (Å²) in [5, 5.41) is 15.0. The molecule has 118 heavy (non-hydrogen) atoms. The van der Waals surface area contributed by atoms with Crippen molar-refractivity contribution in [3.05, 3.63) is 150 Å². The minimum Gasteiger partial charge on any atom is -0.462 e. The Morgan fingerprint density at radius 2 is 1.13 bits per heavy atom. The monoisotopic (exact) mass is 1770 g/mol. The molecule has 1 aromatic carbocycles. The van der Waals surface area contributed by atoms with E-state index in [9.17, 15) is 24.5 Å². The van der Waals surface area contributed by atoms with Crippen LogP contribution in [0.25, 0.3) is 0 Å². The van der Waals surface area contributed by atoms with Crippen LogP contribution in [0.15, 0.2) is 135 Å². The average molecular weight is 1770 g/mol. The van der Waals surface area contributed by atoms with Gasteiger partial charge in [-0.25, -0.2) is 9.59 Å². The van der Waals surface area contributed by atoms with Crippen molar-refractivity contribution < 1.29 is 94.2 Å². The molecule has 0 radical (unpaired) electrons. The number of rotatable bonds is 29. The number of nitrogens with zero attached hydrogens (tertiary/aromatic N) is 1. The maximum atomic E-state index is 15.6. The van der Waals surface area contributed by atoms with E-state index >= 15 is 4.79 Å². The van der Waals surface area contributed by atoms with Crippen LogP contribution < -0.4 is 5.32 Å². The summed E-state index contributed by atoms with van der Waals surface area (Å²) in [6, 6.07) is 7.19. The Morgan fingerprint density at radius 3 is 1.65 bits per heavy atom. The van der Waals surface area contributed by atoms with Gasteiger partial charge in [0.1, 0.15) is 31.3 Å². The van der Waals surface area contributed by atoms with Gasteiger partial charge < -0.3 is 75.4 Å². The summed E-state index contributed by atoms with van der Waals surface area (Å²) in [7, 11) is -2.36. The number of nitrogens with one attached hydrogen (secondary N) is 1. The molecular formula is C88H144N2O21P4Si3. The first-order valence-electron chi connectivity index (χ1n) is 42.9. The molecule has 1 amide bonds. The largest absolute Gasteiger partial charge is 0.462 e. The first-order chi connectivity index (χ1) is 56.1. The Labute approximate surface area is 716 Å². The van der Waals surface area contributed by atoms with Gasteiger partial charge in [0.05, 0.1) is 77.9 Å². The summed E-state index contributed by atoms with van der Waals surface area (Å²) >= 11 is 0. The predicted molar refractivity (Wildman–Crippen MR) is 485 cm³/mol. The summed E-state index contributed by atoms with van der Waals surface area (Å²) in [5.41, 5.74) is 0.166. The van der Waals surface area contributed by atoms with Crippen LogP contribution in [0.1, 0.15) is 179 Å². The number of carbonyl (C=O) groups is 4. The highest BCUT2D eigenvalue weighted by Crippen LogP contribution is 2.54. The number of hydrogen-bond donors (Lipinski definition) is 1. The van der Waals surface area contributed by atoms with Crippen molar-refractivity contribution in [2.45, 2.75) is 325 Å². The highest BCUT2D eigenvalue weighted by atomic mass is 32.0. The zero-order valence-electron chi connectivity index (χ0n) is 74.1. The number of hydrogen-bond acceptors (Lipinski definition) is 21. The molecule has 0 aliphatic carbocycles. The topological polar surface area (TPSA) is 262 Å². The van der Waals surface area contributed by atoms with E-state index in [1.165, 1.54) is 36.4 Å². The van der Waals surface area contributed by atoms with Gasteiger partial charge in [-0.3, -0.25) is 19.7 Å². The second-order valence-corrected chi connectivity index (χ2v) is 56.5. The van der Waals surface area contributed by atoms with Gasteiger partial charge in [0.15, 0.2) is 55.2 Å². The molecule has 0 saturated carbocycles. The average Bonchev–Trinajstić information content (AvgIpc) is 0.759. The second-order valence-electron chi connectivity index (χ2n) is 33.3. The third kappa shape index (κ3) is 29.2. The number of alkyl carbamates (subject to hydrolysis) is 1. The molecule has 5 heterocycles. The predicted octanol–water partition coefficient (Wildman–Crippen LogP) is 20.8. The maximum absolute atomic E-state index is 15.6. The molecule has 4 fully saturated rings. The Hall–Kier alpha value is -4.11. The van der Waals surface area contributed by atoms with Crippen LogP contribution in [0.3, 0.4) is 0 Å². The summed E-state index contributed by atoms with van der Waals surface area (Å²) in [6.07, 6.45) is 20.7. The number of benzene rings is 1. The van der Waals surface area contributed by atoms with Crippen LogP contribution in [-0.2, 0) is 79.7 Å². The van der Waals surface area contributed by atoms with Crippen LogP contribution in [0.5, 0.6) is 0 Å². The number of cyclic esters (lactones) is 1. The lowest BCUT2D eigenvalue weighted by Gasteiger charge is -2.52. The number of amides is 1. The number of fused-ring (bicyclic) bond motifs is 6. The Morgan fingerprint density at radius 1 is 0.619 bits per heavy atom. The zero-order chi connectivity index (χ0) is 87.2. The molecule has 8 unspecified atom stereocenters. The number of nitro groups is 1. The highest BCUT2D eigenvalue weighted by molar-refractivity contribution is 8.13. The number of ether oxygens (including phenoxy) is 12. The van der Waals surface area contributed by atoms with Gasteiger partial charge in [-0.1, -0.05) is 214 Å². The molecule has 5 aliphatic rings. The van der Waals surface area contributed by atoms with Crippen molar-refractivity contribution in [2.24, 2.45) is 23.7 Å². The normalized spacial score (nSPS) is 33.4. The molecular weight excluding hydrogens is 1630 g/mol. The SMILES string of the molecule is C=CCOC(=O)N[C@@H]1[C@@H](OC(=O)c2ccc([N+](=O)[O-])cc2)[C@H](O[C@H]2/C=C/C=C/C=C/C=C/C=C/C=C/C=C/[C@H](C)[C@@H](C)[C@@H](C)[C@H](C)OC(=O)C[C@H]3C[C@@H](CC[C@@H](O[Si](CC)(CC)C(C)C)[C@H]4CC(C[C@]5(OC)C[C@H](O[Si](CC)(CC)C(C)C)[C@@H](C(=O)OCC=C)C(C2)O5)OC(P(C)P)O4)OC(P(C)P)O3)O[C@H](C)[C@H]1O[Si](CC)(CC)C(C)C. The van der Waals surface area contributed by atoms with E-state index in [1.54, 1.807) is 7.11 Å². The molecule has 664 valence electrons. The number of nitro benzene ring substituents is 1. The van der Waals surface area contributed by atoms with Gasteiger partial charge in [-0.15, -0.1) is 17.9 Å². The zero-order valence-corrected chi connectivity index (χ0v) is 81.2. The molecule has 1 aromatic rings. The molecule has 4 saturated heterocycles. The van der Waals surface area contributed by atoms with Crippen molar-refractivity contribution in [1.82, 2.24) is 5.32 Å². The van der Waals surface area contributed by atoms with E-state index in [-0.39, 0.29) is 103 Å². The lowest BCUT2D eigenvalue weighted by atomic mass is 9.82. The third-order valence-corrected chi connectivity index (χ3v) is 44.1. The second kappa shape index (κ2) is 50.1. The smallest absolute Gasteiger partial charge is 0.407 e. The minimum absolute atomic E-state index is 0.0331. The molecule has 0 spiro atoms. The fraction of sp³-hybridized carbons (Fsp3) is 0.682.